The van der Waals surface area contributed by atoms with Crippen molar-refractivity contribution in [2.75, 3.05) is 32.8 Å². The molecule has 4 aromatic carbocycles. The summed E-state index contributed by atoms with van der Waals surface area (Å²) in [5, 5.41) is 36.8. The van der Waals surface area contributed by atoms with E-state index >= 15 is 0 Å². The van der Waals surface area contributed by atoms with E-state index in [4.69, 9.17) is 4.74 Å². The number of hydrogen-bond donors (Lipinski definition) is 6. The van der Waals surface area contributed by atoms with Crippen molar-refractivity contribution in [3.05, 3.63) is 141 Å². The van der Waals surface area contributed by atoms with Crippen LogP contribution in [0, 0.1) is 5.92 Å². The first-order chi connectivity index (χ1) is 24.7. The van der Waals surface area contributed by atoms with Crippen LogP contribution in [0.15, 0.2) is 108 Å². The van der Waals surface area contributed by atoms with Crippen LogP contribution in [0.4, 0.5) is 4.79 Å². The standard InChI is InChI=1S/C40H42N4O7/c45-34-15-13-32(33-14-16-36(47)42-38(33)34)35(46)24-41-20-17-26-9-11-29(12-10-26)39(48)44-21-18-27(19-22-44)25-51-31-8-4-7-30(23-31)37(43-40(49)50)28-5-2-1-3-6-28/h1-16,23,27,35,37,41,43,45-46H,17-22,24-25H2,(H,42,47)(H,49,50)/t35-,37?/m1/s1. The van der Waals surface area contributed by atoms with Crippen molar-refractivity contribution < 1.29 is 29.6 Å². The molecule has 264 valence electrons. The largest absolute Gasteiger partial charge is 0.506 e. The van der Waals surface area contributed by atoms with Crippen molar-refractivity contribution in [2.45, 2.75) is 31.4 Å². The molecule has 0 radical (unpaired) electrons. The number of aromatic nitrogens is 1. The molecular weight excluding hydrogens is 648 g/mol. The maximum atomic E-state index is 13.3. The maximum Gasteiger partial charge on any atom is 0.405 e. The van der Waals surface area contributed by atoms with Crippen LogP contribution in [-0.4, -0.2) is 70.0 Å². The van der Waals surface area contributed by atoms with Gasteiger partial charge in [-0.2, -0.15) is 0 Å². The number of aliphatic hydroxyl groups is 1. The molecule has 6 rings (SSSR count). The van der Waals surface area contributed by atoms with Gasteiger partial charge in [-0.25, -0.2) is 4.79 Å². The van der Waals surface area contributed by atoms with Crippen molar-refractivity contribution in [1.82, 2.24) is 20.5 Å². The van der Waals surface area contributed by atoms with E-state index < -0.39 is 18.2 Å². The van der Waals surface area contributed by atoms with Gasteiger partial charge in [-0.3, -0.25) is 9.59 Å². The number of nitrogens with zero attached hydrogens (tertiary/aromatic N) is 1. The topological polar surface area (TPSA) is 164 Å². The summed E-state index contributed by atoms with van der Waals surface area (Å²) < 4.78 is 6.15. The molecule has 0 saturated carbocycles. The third-order valence-corrected chi connectivity index (χ3v) is 9.37. The number of nitrogens with one attached hydrogen (secondary N) is 3. The molecule has 1 fully saturated rings. The molecule has 1 aliphatic rings. The Balaban J connectivity index is 0.940. The lowest BCUT2D eigenvalue weighted by atomic mass is 9.97. The van der Waals surface area contributed by atoms with E-state index in [0.29, 0.717) is 72.9 Å². The Bertz CT molecular complexity index is 2010. The SMILES string of the molecule is O=C(O)NC(c1ccccc1)c1cccc(OCC2CCN(C(=O)c3ccc(CCNC[C@@H](O)c4ccc(O)c5[nH]c(=O)ccc45)cc3)CC2)c1. The number of pyridine rings is 1. The van der Waals surface area contributed by atoms with Gasteiger partial charge < -0.3 is 40.6 Å². The Labute approximate surface area is 295 Å². The number of aliphatic hydroxyl groups excluding tert-OH is 1. The summed E-state index contributed by atoms with van der Waals surface area (Å²) in [7, 11) is 0. The average Bonchev–Trinajstić information content (AvgIpc) is 3.15. The van der Waals surface area contributed by atoms with E-state index in [-0.39, 0.29) is 17.2 Å². The number of carbonyl (C=O) groups excluding carboxylic acids is 1. The van der Waals surface area contributed by atoms with Crippen molar-refractivity contribution >= 4 is 22.9 Å². The predicted molar refractivity (Wildman–Crippen MR) is 194 cm³/mol. The van der Waals surface area contributed by atoms with Crippen LogP contribution in [-0.2, 0) is 6.42 Å². The van der Waals surface area contributed by atoms with Gasteiger partial charge in [-0.05, 0) is 90.4 Å². The number of carboxylic acid groups (broad SMARTS) is 1. The van der Waals surface area contributed by atoms with Crippen LogP contribution in [0.1, 0.15) is 57.6 Å². The van der Waals surface area contributed by atoms with Gasteiger partial charge in [0.05, 0.1) is 24.3 Å². The lowest BCUT2D eigenvalue weighted by molar-refractivity contribution is 0.0661. The van der Waals surface area contributed by atoms with Crippen molar-refractivity contribution in [3.63, 3.8) is 0 Å². The third-order valence-electron chi connectivity index (χ3n) is 9.37. The minimum atomic E-state index is -1.10. The molecule has 0 spiro atoms. The fraction of sp³-hybridized carbons (Fsp3) is 0.275. The van der Waals surface area contributed by atoms with E-state index in [1.165, 1.54) is 12.1 Å². The molecule has 1 unspecified atom stereocenters. The van der Waals surface area contributed by atoms with Crippen LogP contribution < -0.4 is 20.9 Å². The van der Waals surface area contributed by atoms with Crippen LogP contribution in [0.5, 0.6) is 11.5 Å². The molecule has 2 heterocycles. The van der Waals surface area contributed by atoms with Gasteiger partial charge in [-0.1, -0.05) is 60.7 Å². The molecule has 5 aromatic rings. The highest BCUT2D eigenvalue weighted by atomic mass is 16.5. The molecule has 0 bridgehead atoms. The van der Waals surface area contributed by atoms with Gasteiger partial charge in [0.15, 0.2) is 0 Å². The van der Waals surface area contributed by atoms with E-state index in [0.717, 1.165) is 29.5 Å². The van der Waals surface area contributed by atoms with Crippen LogP contribution in [0.25, 0.3) is 10.9 Å². The number of carbonyl (C=O) groups is 2. The van der Waals surface area contributed by atoms with Gasteiger partial charge in [-0.15, -0.1) is 0 Å². The number of likely N-dealkylation sites (tertiary alicyclic amines) is 1. The van der Waals surface area contributed by atoms with E-state index in [9.17, 15) is 29.7 Å². The fourth-order valence-corrected chi connectivity index (χ4v) is 6.56. The number of phenols is 1. The van der Waals surface area contributed by atoms with Crippen LogP contribution in [0.3, 0.4) is 0 Å². The molecule has 0 aliphatic carbocycles. The second-order valence-corrected chi connectivity index (χ2v) is 12.9. The summed E-state index contributed by atoms with van der Waals surface area (Å²) in [5.41, 5.74) is 3.94. The summed E-state index contributed by atoms with van der Waals surface area (Å²) in [4.78, 5) is 41.0. The Morgan fingerprint density at radius 1 is 0.902 bits per heavy atom. The average molecular weight is 691 g/mol. The highest BCUT2D eigenvalue weighted by molar-refractivity contribution is 5.94. The highest BCUT2D eigenvalue weighted by Gasteiger charge is 2.24. The van der Waals surface area contributed by atoms with E-state index in [2.05, 4.69) is 15.6 Å². The maximum absolute atomic E-state index is 13.3. The van der Waals surface area contributed by atoms with Crippen molar-refractivity contribution in [2.24, 2.45) is 5.92 Å². The van der Waals surface area contributed by atoms with Crippen LogP contribution >= 0.6 is 0 Å². The molecule has 11 heteroatoms. The number of ether oxygens (including phenoxy) is 1. The number of fused-ring (bicyclic) bond motifs is 1. The molecule has 6 N–H and O–H groups in total. The molecule has 11 nitrogen and oxygen atoms in total. The minimum Gasteiger partial charge on any atom is -0.506 e. The summed E-state index contributed by atoms with van der Waals surface area (Å²) in [6.07, 6.45) is 0.430. The van der Waals surface area contributed by atoms with E-state index in [1.807, 2.05) is 83.8 Å². The van der Waals surface area contributed by atoms with Gasteiger partial charge in [0.25, 0.3) is 5.91 Å². The quantitative estimate of drug-likeness (QED) is 0.0896. The Morgan fingerprint density at radius 3 is 2.39 bits per heavy atom. The van der Waals surface area contributed by atoms with Gasteiger partial charge in [0, 0.05) is 36.7 Å². The highest BCUT2D eigenvalue weighted by Crippen LogP contribution is 2.29. The molecular formula is C40H42N4O7. The number of aromatic amines is 1. The number of amides is 2. The molecule has 1 aromatic heterocycles. The monoisotopic (exact) mass is 690 g/mol. The molecule has 51 heavy (non-hydrogen) atoms. The smallest absolute Gasteiger partial charge is 0.405 e. The van der Waals surface area contributed by atoms with Gasteiger partial charge in [0.2, 0.25) is 5.56 Å². The van der Waals surface area contributed by atoms with Crippen LogP contribution in [0.2, 0.25) is 0 Å². The molecule has 2 amide bonds. The van der Waals surface area contributed by atoms with Gasteiger partial charge >= 0.3 is 6.09 Å². The lowest BCUT2D eigenvalue weighted by Gasteiger charge is -2.32. The second-order valence-electron chi connectivity index (χ2n) is 12.9. The predicted octanol–water partition coefficient (Wildman–Crippen LogP) is 5.39. The number of H-pyrrole nitrogens is 1. The van der Waals surface area contributed by atoms with Gasteiger partial charge in [0.1, 0.15) is 11.5 Å². The number of aromatic hydroxyl groups is 1. The zero-order chi connectivity index (χ0) is 35.7. The third kappa shape index (κ3) is 8.94. The summed E-state index contributed by atoms with van der Waals surface area (Å²) in [6.45, 7) is 2.71. The summed E-state index contributed by atoms with van der Waals surface area (Å²) in [6, 6.07) is 30.1. The molecule has 1 saturated heterocycles. The molecule has 1 aliphatic heterocycles. The minimum absolute atomic E-state index is 0.00946. The lowest BCUT2D eigenvalue weighted by Crippen LogP contribution is -2.39. The number of piperidine rings is 1. The zero-order valence-corrected chi connectivity index (χ0v) is 28.1. The van der Waals surface area contributed by atoms with E-state index in [1.54, 1.807) is 12.1 Å². The zero-order valence-electron chi connectivity index (χ0n) is 28.1. The Kier molecular flexibility index (Phi) is 11.3. The summed E-state index contributed by atoms with van der Waals surface area (Å²) in [5.74, 6) is 0.935. The summed E-state index contributed by atoms with van der Waals surface area (Å²) >= 11 is 0. The van der Waals surface area contributed by atoms with Crippen molar-refractivity contribution in [3.8, 4) is 11.5 Å². The Hall–Kier alpha value is -5.65. The fourth-order valence-electron chi connectivity index (χ4n) is 6.56. The first-order valence-electron chi connectivity index (χ1n) is 17.1. The number of phenolic OH excluding ortho intramolecular Hbond substituents is 1. The normalized spacial score (nSPS) is 14.6. The first-order valence-corrected chi connectivity index (χ1v) is 17.1. The Morgan fingerprint density at radius 2 is 1.65 bits per heavy atom. The first kappa shape index (κ1) is 35.2. The number of rotatable bonds is 13. The molecule has 2 atom stereocenters. The number of hydrogen-bond acceptors (Lipinski definition) is 7. The van der Waals surface area contributed by atoms with Crippen molar-refractivity contribution in [1.29, 1.82) is 0 Å². The number of benzene rings is 4. The second kappa shape index (κ2) is 16.4.